The predicted octanol–water partition coefficient (Wildman–Crippen LogP) is 3.11. The van der Waals surface area contributed by atoms with E-state index in [0.717, 1.165) is 22.9 Å². The Morgan fingerprint density at radius 3 is 2.54 bits per heavy atom. The average molecular weight is 264 g/mol. The molecule has 0 aliphatic carbocycles. The van der Waals surface area contributed by atoms with Gasteiger partial charge in [-0.2, -0.15) is 0 Å². The number of hydrogen-bond donors (Lipinski definition) is 1. The van der Waals surface area contributed by atoms with Crippen molar-refractivity contribution in [1.29, 1.82) is 0 Å². The van der Waals surface area contributed by atoms with Gasteiger partial charge in [0.2, 0.25) is 0 Å². The average Bonchev–Trinajstić information content (AvgIpc) is 2.14. The normalized spacial score (nSPS) is 10.4. The number of benzene rings is 1. The van der Waals surface area contributed by atoms with Crippen molar-refractivity contribution < 1.29 is 5.11 Å². The summed E-state index contributed by atoms with van der Waals surface area (Å²) in [5.41, 5.74) is 2.16. The zero-order chi connectivity index (χ0) is 9.68. The van der Waals surface area contributed by atoms with Crippen LogP contribution < -0.4 is 0 Å². The van der Waals surface area contributed by atoms with Gasteiger partial charge in [0.05, 0.1) is 6.61 Å². The summed E-state index contributed by atoms with van der Waals surface area (Å²) in [4.78, 5) is 0. The minimum atomic E-state index is 0.0906. The van der Waals surface area contributed by atoms with Crippen molar-refractivity contribution in [2.75, 3.05) is 5.88 Å². The Morgan fingerprint density at radius 1 is 1.23 bits per heavy atom. The minimum Gasteiger partial charge on any atom is -0.392 e. The molecule has 72 valence electrons. The summed E-state index contributed by atoms with van der Waals surface area (Å²) in [5, 5.41) is 8.97. The minimum absolute atomic E-state index is 0.0906. The lowest BCUT2D eigenvalue weighted by molar-refractivity contribution is 0.281. The van der Waals surface area contributed by atoms with E-state index < -0.39 is 0 Å². The first-order valence-electron chi connectivity index (χ1n) is 4.21. The van der Waals surface area contributed by atoms with Crippen LogP contribution in [-0.2, 0) is 13.0 Å². The Hall–Kier alpha value is -0.0500. The molecule has 0 bridgehead atoms. The van der Waals surface area contributed by atoms with E-state index in [1.54, 1.807) is 0 Å². The highest BCUT2D eigenvalue weighted by molar-refractivity contribution is 9.10. The fourth-order valence-electron chi connectivity index (χ4n) is 1.22. The molecule has 0 aliphatic heterocycles. The Balaban J connectivity index is 2.76. The quantitative estimate of drug-likeness (QED) is 0.828. The molecule has 0 aromatic heterocycles. The predicted molar refractivity (Wildman–Crippen MR) is 59.1 cm³/mol. The van der Waals surface area contributed by atoms with E-state index >= 15 is 0 Å². The number of aliphatic hydroxyl groups is 1. The van der Waals surface area contributed by atoms with Gasteiger partial charge in [-0.05, 0) is 36.1 Å². The van der Waals surface area contributed by atoms with Gasteiger partial charge in [-0.1, -0.05) is 22.0 Å². The molecule has 0 fully saturated rings. The number of aryl methyl sites for hydroxylation is 1. The maximum absolute atomic E-state index is 8.97. The molecule has 13 heavy (non-hydrogen) atoms. The Morgan fingerprint density at radius 2 is 1.92 bits per heavy atom. The van der Waals surface area contributed by atoms with E-state index in [1.807, 2.05) is 12.1 Å². The third-order valence-electron chi connectivity index (χ3n) is 1.80. The molecular formula is C10H12BrClO. The lowest BCUT2D eigenvalue weighted by atomic mass is 10.1. The summed E-state index contributed by atoms with van der Waals surface area (Å²) in [7, 11) is 0. The van der Waals surface area contributed by atoms with Crippen LogP contribution in [0.1, 0.15) is 17.5 Å². The van der Waals surface area contributed by atoms with Crippen LogP contribution in [0.3, 0.4) is 0 Å². The molecule has 1 aromatic rings. The van der Waals surface area contributed by atoms with Crippen LogP contribution in [0.5, 0.6) is 0 Å². The Bertz CT molecular complexity index is 276. The lowest BCUT2D eigenvalue weighted by Gasteiger charge is -2.03. The smallest absolute Gasteiger partial charge is 0.0682 e. The highest BCUT2D eigenvalue weighted by Crippen LogP contribution is 2.17. The molecule has 1 nitrogen and oxygen atoms in total. The zero-order valence-corrected chi connectivity index (χ0v) is 9.61. The molecule has 0 saturated carbocycles. The van der Waals surface area contributed by atoms with Crippen LogP contribution in [0.4, 0.5) is 0 Å². The maximum atomic E-state index is 8.97. The third-order valence-corrected chi connectivity index (χ3v) is 2.52. The number of hydrogen-bond acceptors (Lipinski definition) is 1. The van der Waals surface area contributed by atoms with Crippen molar-refractivity contribution in [3.8, 4) is 0 Å². The number of aliphatic hydroxyl groups excluding tert-OH is 1. The second-order valence-electron chi connectivity index (χ2n) is 2.92. The van der Waals surface area contributed by atoms with E-state index in [1.165, 1.54) is 5.56 Å². The van der Waals surface area contributed by atoms with Crippen LogP contribution in [0.15, 0.2) is 22.7 Å². The van der Waals surface area contributed by atoms with E-state index in [2.05, 4.69) is 22.0 Å². The highest BCUT2D eigenvalue weighted by Gasteiger charge is 1.98. The standard InChI is InChI=1S/C10H12BrClO/c11-10-5-8(2-1-3-12)4-9(6-10)7-13/h4-6,13H,1-3,7H2. The summed E-state index contributed by atoms with van der Waals surface area (Å²) >= 11 is 9.01. The summed E-state index contributed by atoms with van der Waals surface area (Å²) in [6.07, 6.45) is 1.94. The van der Waals surface area contributed by atoms with Crippen molar-refractivity contribution in [2.45, 2.75) is 19.4 Å². The van der Waals surface area contributed by atoms with Crippen LogP contribution >= 0.6 is 27.5 Å². The summed E-state index contributed by atoms with van der Waals surface area (Å²) in [6.45, 7) is 0.0906. The Labute approximate surface area is 91.9 Å². The molecule has 0 amide bonds. The van der Waals surface area contributed by atoms with Gasteiger partial charge >= 0.3 is 0 Å². The van der Waals surface area contributed by atoms with Crippen molar-refractivity contribution in [1.82, 2.24) is 0 Å². The molecule has 0 radical (unpaired) electrons. The first-order valence-corrected chi connectivity index (χ1v) is 5.54. The van der Waals surface area contributed by atoms with E-state index in [4.69, 9.17) is 16.7 Å². The second-order valence-corrected chi connectivity index (χ2v) is 4.21. The SMILES string of the molecule is OCc1cc(Br)cc(CCCCl)c1. The van der Waals surface area contributed by atoms with Gasteiger partial charge < -0.3 is 5.11 Å². The van der Waals surface area contributed by atoms with Gasteiger partial charge in [0.25, 0.3) is 0 Å². The van der Waals surface area contributed by atoms with Crippen LogP contribution in [0.25, 0.3) is 0 Å². The first kappa shape index (κ1) is 11.0. The summed E-state index contributed by atoms with van der Waals surface area (Å²) < 4.78 is 1.02. The number of alkyl halides is 1. The van der Waals surface area contributed by atoms with Crippen LogP contribution in [0.2, 0.25) is 0 Å². The largest absolute Gasteiger partial charge is 0.392 e. The molecule has 0 unspecified atom stereocenters. The van der Waals surface area contributed by atoms with Gasteiger partial charge in [0.15, 0.2) is 0 Å². The summed E-state index contributed by atoms with van der Waals surface area (Å²) in [5.74, 6) is 0.682. The molecule has 1 rings (SSSR count). The molecule has 0 atom stereocenters. The van der Waals surface area contributed by atoms with Crippen molar-refractivity contribution in [3.63, 3.8) is 0 Å². The molecule has 0 saturated heterocycles. The van der Waals surface area contributed by atoms with Gasteiger partial charge in [-0.3, -0.25) is 0 Å². The van der Waals surface area contributed by atoms with Gasteiger partial charge in [-0.25, -0.2) is 0 Å². The molecular weight excluding hydrogens is 251 g/mol. The van der Waals surface area contributed by atoms with Crippen molar-refractivity contribution >= 4 is 27.5 Å². The van der Waals surface area contributed by atoms with Gasteiger partial charge in [-0.15, -0.1) is 11.6 Å². The second kappa shape index (κ2) is 5.63. The molecule has 0 spiro atoms. The number of rotatable bonds is 4. The Kier molecular flexibility index (Phi) is 4.78. The fourth-order valence-corrected chi connectivity index (χ4v) is 1.95. The zero-order valence-electron chi connectivity index (χ0n) is 7.26. The van der Waals surface area contributed by atoms with E-state index in [9.17, 15) is 0 Å². The number of halogens is 2. The van der Waals surface area contributed by atoms with Crippen molar-refractivity contribution in [3.05, 3.63) is 33.8 Å². The van der Waals surface area contributed by atoms with Crippen LogP contribution in [0, 0.1) is 0 Å². The molecule has 0 heterocycles. The van der Waals surface area contributed by atoms with Crippen molar-refractivity contribution in [2.24, 2.45) is 0 Å². The summed E-state index contributed by atoms with van der Waals surface area (Å²) in [6, 6.07) is 5.99. The van der Waals surface area contributed by atoms with E-state index in [-0.39, 0.29) is 6.61 Å². The highest BCUT2D eigenvalue weighted by atomic mass is 79.9. The molecule has 1 aromatic carbocycles. The maximum Gasteiger partial charge on any atom is 0.0682 e. The lowest BCUT2D eigenvalue weighted by Crippen LogP contribution is -1.90. The molecule has 3 heteroatoms. The molecule has 1 N–H and O–H groups in total. The first-order chi connectivity index (χ1) is 6.26. The fraction of sp³-hybridized carbons (Fsp3) is 0.400. The molecule has 0 aliphatic rings. The monoisotopic (exact) mass is 262 g/mol. The van der Waals surface area contributed by atoms with Gasteiger partial charge in [0.1, 0.15) is 0 Å². The topological polar surface area (TPSA) is 20.2 Å². The van der Waals surface area contributed by atoms with Crippen LogP contribution in [-0.4, -0.2) is 11.0 Å². The van der Waals surface area contributed by atoms with Gasteiger partial charge in [0, 0.05) is 10.4 Å². The third kappa shape index (κ3) is 3.67. The van der Waals surface area contributed by atoms with E-state index in [0.29, 0.717) is 5.88 Å².